The van der Waals surface area contributed by atoms with Crippen molar-refractivity contribution in [2.24, 2.45) is 0 Å². The van der Waals surface area contributed by atoms with Crippen LogP contribution < -0.4 is 21.3 Å². The molecular formula is C16H24N4O3. The second-order valence-electron chi connectivity index (χ2n) is 6.27. The minimum atomic E-state index is -0.534. The fourth-order valence-electron chi connectivity index (χ4n) is 1.87. The van der Waals surface area contributed by atoms with Gasteiger partial charge in [0.1, 0.15) is 0 Å². The summed E-state index contributed by atoms with van der Waals surface area (Å²) in [5.41, 5.74) is 1.78. The van der Waals surface area contributed by atoms with E-state index in [0.717, 1.165) is 5.56 Å². The van der Waals surface area contributed by atoms with Gasteiger partial charge in [-0.3, -0.25) is 14.9 Å². The van der Waals surface area contributed by atoms with Crippen LogP contribution in [0.5, 0.6) is 0 Å². The van der Waals surface area contributed by atoms with Crippen LogP contribution in [0.3, 0.4) is 0 Å². The van der Waals surface area contributed by atoms with Crippen molar-refractivity contribution in [3.8, 4) is 0 Å². The molecule has 7 heteroatoms. The Morgan fingerprint density at radius 1 is 1.09 bits per heavy atom. The first kappa shape index (κ1) is 18.5. The van der Waals surface area contributed by atoms with Crippen molar-refractivity contribution in [1.82, 2.24) is 10.6 Å². The van der Waals surface area contributed by atoms with E-state index in [1.54, 1.807) is 18.2 Å². The average Bonchev–Trinajstić information content (AvgIpc) is 2.37. The van der Waals surface area contributed by atoms with E-state index in [4.69, 9.17) is 0 Å². The molecule has 0 spiro atoms. The van der Waals surface area contributed by atoms with Gasteiger partial charge in [-0.2, -0.15) is 0 Å². The summed E-state index contributed by atoms with van der Waals surface area (Å²) >= 11 is 0. The zero-order valence-electron chi connectivity index (χ0n) is 14.2. The second kappa shape index (κ2) is 7.62. The highest BCUT2D eigenvalue weighted by Crippen LogP contribution is 2.22. The topological polar surface area (TPSA) is 99.3 Å². The molecule has 0 aliphatic rings. The predicted octanol–water partition coefficient (Wildman–Crippen LogP) is 1.99. The molecule has 23 heavy (non-hydrogen) atoms. The summed E-state index contributed by atoms with van der Waals surface area (Å²) in [6.07, 6.45) is 0. The standard InChI is InChI=1S/C16H24N4O3/c1-10-12(7-6-8-13(10)18-11(2)21)17-9-14(22)19-15(23)20-16(3,4)5/h6-8,17H,9H2,1-5H3,(H,18,21)(H2,19,20,22,23). The van der Waals surface area contributed by atoms with Gasteiger partial charge < -0.3 is 16.0 Å². The quantitative estimate of drug-likeness (QED) is 0.682. The number of carbonyl (C=O) groups is 3. The van der Waals surface area contributed by atoms with E-state index in [9.17, 15) is 14.4 Å². The number of urea groups is 1. The Kier molecular flexibility index (Phi) is 6.12. The van der Waals surface area contributed by atoms with Gasteiger partial charge in [0.05, 0.1) is 6.54 Å². The number of nitrogens with one attached hydrogen (secondary N) is 4. The summed E-state index contributed by atoms with van der Waals surface area (Å²) in [4.78, 5) is 34.5. The highest BCUT2D eigenvalue weighted by Gasteiger charge is 2.15. The monoisotopic (exact) mass is 320 g/mol. The molecule has 1 aromatic rings. The van der Waals surface area contributed by atoms with Crippen molar-refractivity contribution in [1.29, 1.82) is 0 Å². The summed E-state index contributed by atoms with van der Waals surface area (Å²) in [6.45, 7) is 8.69. The van der Waals surface area contributed by atoms with Crippen molar-refractivity contribution < 1.29 is 14.4 Å². The molecule has 0 saturated heterocycles. The van der Waals surface area contributed by atoms with E-state index in [2.05, 4.69) is 21.3 Å². The molecule has 0 atom stereocenters. The van der Waals surface area contributed by atoms with Crippen molar-refractivity contribution in [2.75, 3.05) is 17.2 Å². The largest absolute Gasteiger partial charge is 0.376 e. The number of hydrogen-bond donors (Lipinski definition) is 4. The zero-order valence-corrected chi connectivity index (χ0v) is 14.2. The van der Waals surface area contributed by atoms with Crippen LogP contribution in [0.25, 0.3) is 0 Å². The number of imide groups is 1. The van der Waals surface area contributed by atoms with Gasteiger partial charge in [-0.15, -0.1) is 0 Å². The maximum absolute atomic E-state index is 11.8. The maximum atomic E-state index is 11.8. The lowest BCUT2D eigenvalue weighted by Gasteiger charge is -2.20. The molecule has 7 nitrogen and oxygen atoms in total. The lowest BCUT2D eigenvalue weighted by Crippen LogP contribution is -2.49. The third-order valence-corrected chi connectivity index (χ3v) is 2.83. The Bertz CT molecular complexity index is 606. The first-order valence-corrected chi connectivity index (χ1v) is 7.31. The van der Waals surface area contributed by atoms with Crippen LogP contribution >= 0.6 is 0 Å². The normalized spacial score (nSPS) is 10.7. The summed E-state index contributed by atoms with van der Waals surface area (Å²) < 4.78 is 0. The number of benzene rings is 1. The van der Waals surface area contributed by atoms with Crippen LogP contribution in [0, 0.1) is 6.92 Å². The van der Waals surface area contributed by atoms with Crippen LogP contribution in [0.15, 0.2) is 18.2 Å². The van der Waals surface area contributed by atoms with Crippen LogP contribution in [0.4, 0.5) is 16.2 Å². The highest BCUT2D eigenvalue weighted by atomic mass is 16.2. The fourth-order valence-corrected chi connectivity index (χ4v) is 1.87. The van der Waals surface area contributed by atoms with Crippen molar-refractivity contribution in [3.63, 3.8) is 0 Å². The maximum Gasteiger partial charge on any atom is 0.321 e. The number of carbonyl (C=O) groups excluding carboxylic acids is 3. The van der Waals surface area contributed by atoms with Crippen LogP contribution in [0.1, 0.15) is 33.3 Å². The molecule has 0 fully saturated rings. The van der Waals surface area contributed by atoms with Crippen LogP contribution in [-0.4, -0.2) is 29.9 Å². The molecule has 0 heterocycles. The predicted molar refractivity (Wildman–Crippen MR) is 90.4 cm³/mol. The van der Waals surface area contributed by atoms with Crippen molar-refractivity contribution in [3.05, 3.63) is 23.8 Å². The summed E-state index contributed by atoms with van der Waals surface area (Å²) in [5.74, 6) is -0.613. The van der Waals surface area contributed by atoms with Gasteiger partial charge in [0.15, 0.2) is 0 Å². The third kappa shape index (κ3) is 6.82. The minimum Gasteiger partial charge on any atom is -0.376 e. The van der Waals surface area contributed by atoms with Gasteiger partial charge in [-0.25, -0.2) is 4.79 Å². The molecule has 0 unspecified atom stereocenters. The molecule has 4 N–H and O–H groups in total. The molecular weight excluding hydrogens is 296 g/mol. The SMILES string of the molecule is CC(=O)Nc1cccc(NCC(=O)NC(=O)NC(C)(C)C)c1C. The number of hydrogen-bond acceptors (Lipinski definition) is 4. The molecule has 0 radical (unpaired) electrons. The zero-order chi connectivity index (χ0) is 17.6. The molecule has 0 aromatic heterocycles. The smallest absolute Gasteiger partial charge is 0.321 e. The minimum absolute atomic E-state index is 0.0536. The molecule has 4 amide bonds. The Morgan fingerprint density at radius 3 is 2.26 bits per heavy atom. The van der Waals surface area contributed by atoms with Gasteiger partial charge in [0, 0.05) is 23.8 Å². The summed E-state index contributed by atoms with van der Waals surface area (Å²) in [6, 6.07) is 4.81. The molecule has 1 aromatic carbocycles. The van der Waals surface area contributed by atoms with Gasteiger partial charge in [0.25, 0.3) is 0 Å². The lowest BCUT2D eigenvalue weighted by molar-refractivity contribution is -0.118. The summed E-state index contributed by atoms with van der Waals surface area (Å²) in [5, 5.41) is 10.6. The highest BCUT2D eigenvalue weighted by molar-refractivity contribution is 5.96. The first-order chi connectivity index (χ1) is 10.6. The Hall–Kier alpha value is -2.57. The summed E-state index contributed by atoms with van der Waals surface area (Å²) in [7, 11) is 0. The fraction of sp³-hybridized carbons (Fsp3) is 0.438. The number of amides is 4. The van der Waals surface area contributed by atoms with Gasteiger partial charge in [-0.05, 0) is 45.4 Å². The Morgan fingerprint density at radius 2 is 1.70 bits per heavy atom. The molecule has 0 saturated carbocycles. The molecule has 1 rings (SSSR count). The molecule has 0 aliphatic carbocycles. The molecule has 126 valence electrons. The Labute approximate surface area is 136 Å². The van der Waals surface area contributed by atoms with Crippen molar-refractivity contribution in [2.45, 2.75) is 40.2 Å². The first-order valence-electron chi connectivity index (χ1n) is 7.31. The van der Waals surface area contributed by atoms with Crippen LogP contribution in [0.2, 0.25) is 0 Å². The van der Waals surface area contributed by atoms with E-state index in [0.29, 0.717) is 11.4 Å². The number of anilines is 2. The van der Waals surface area contributed by atoms with Gasteiger partial charge in [-0.1, -0.05) is 6.07 Å². The lowest BCUT2D eigenvalue weighted by atomic mass is 10.1. The molecule has 0 bridgehead atoms. The average molecular weight is 320 g/mol. The van der Waals surface area contributed by atoms with E-state index in [1.807, 2.05) is 27.7 Å². The van der Waals surface area contributed by atoms with Gasteiger partial charge in [0.2, 0.25) is 11.8 Å². The molecule has 0 aliphatic heterocycles. The van der Waals surface area contributed by atoms with E-state index in [1.165, 1.54) is 6.92 Å². The van der Waals surface area contributed by atoms with E-state index < -0.39 is 17.5 Å². The van der Waals surface area contributed by atoms with Crippen LogP contribution in [-0.2, 0) is 9.59 Å². The van der Waals surface area contributed by atoms with Gasteiger partial charge >= 0.3 is 6.03 Å². The van der Waals surface area contributed by atoms with E-state index in [-0.39, 0.29) is 12.5 Å². The Balaban J connectivity index is 2.60. The van der Waals surface area contributed by atoms with Crippen molar-refractivity contribution >= 4 is 29.2 Å². The number of rotatable bonds is 4. The second-order valence-corrected chi connectivity index (χ2v) is 6.27. The third-order valence-electron chi connectivity index (χ3n) is 2.83. The van der Waals surface area contributed by atoms with E-state index >= 15 is 0 Å².